The van der Waals surface area contributed by atoms with Crippen LogP contribution in [0.3, 0.4) is 0 Å². The third kappa shape index (κ3) is 4.17. The fourth-order valence-electron chi connectivity index (χ4n) is 2.87. The molecule has 1 N–H and O–H groups in total. The minimum absolute atomic E-state index is 0.118. The van der Waals surface area contributed by atoms with Gasteiger partial charge >= 0.3 is 0 Å². The molecule has 0 bridgehead atoms. The smallest absolute Gasteiger partial charge is 0.203 e. The highest BCUT2D eigenvalue weighted by molar-refractivity contribution is 5.55. The summed E-state index contributed by atoms with van der Waals surface area (Å²) in [5, 5.41) is 3.52. The molecule has 5 heteroatoms. The Morgan fingerprint density at radius 1 is 0.840 bits per heavy atom. The lowest BCUT2D eigenvalue weighted by Crippen LogP contribution is -2.19. The average molecular weight is 345 g/mol. The summed E-state index contributed by atoms with van der Waals surface area (Å²) in [6.07, 6.45) is 0. The van der Waals surface area contributed by atoms with Crippen molar-refractivity contribution in [3.63, 3.8) is 0 Å². The highest BCUT2D eigenvalue weighted by atomic mass is 16.5. The van der Waals surface area contributed by atoms with Gasteiger partial charge in [0, 0.05) is 23.7 Å². The Balaban J connectivity index is 2.22. The normalized spacial score (nSPS) is 11.8. The van der Waals surface area contributed by atoms with Crippen molar-refractivity contribution < 1.29 is 18.9 Å². The van der Waals surface area contributed by atoms with Crippen LogP contribution in [0.5, 0.6) is 23.0 Å². The first-order chi connectivity index (χ1) is 12.0. The molecule has 5 nitrogen and oxygen atoms in total. The summed E-state index contributed by atoms with van der Waals surface area (Å²) in [4.78, 5) is 0. The van der Waals surface area contributed by atoms with E-state index < -0.39 is 0 Å². The number of benzene rings is 2. The number of aryl methyl sites for hydroxylation is 1. The SMILES string of the molecule is COc1ccc(C)cc1[C@H](C)NCc1ccc(OC)c(OC)c1OC. The highest BCUT2D eigenvalue weighted by Gasteiger charge is 2.17. The van der Waals surface area contributed by atoms with Crippen molar-refractivity contribution in [3.05, 3.63) is 47.0 Å². The second kappa shape index (κ2) is 8.62. The second-order valence-electron chi connectivity index (χ2n) is 5.84. The minimum atomic E-state index is 0.118. The summed E-state index contributed by atoms with van der Waals surface area (Å²) in [5.41, 5.74) is 3.33. The fourth-order valence-corrected chi connectivity index (χ4v) is 2.87. The molecule has 0 unspecified atom stereocenters. The Kier molecular flexibility index (Phi) is 6.53. The molecule has 0 saturated carbocycles. The molecular formula is C20H27NO4. The van der Waals surface area contributed by atoms with Crippen LogP contribution in [0, 0.1) is 6.92 Å². The third-order valence-corrected chi connectivity index (χ3v) is 4.24. The van der Waals surface area contributed by atoms with Crippen molar-refractivity contribution in [2.75, 3.05) is 28.4 Å². The first-order valence-corrected chi connectivity index (χ1v) is 8.21. The number of hydrogen-bond acceptors (Lipinski definition) is 5. The molecule has 0 aliphatic heterocycles. The molecular weight excluding hydrogens is 318 g/mol. The summed E-state index contributed by atoms with van der Waals surface area (Å²) < 4.78 is 21.8. The van der Waals surface area contributed by atoms with Gasteiger partial charge in [0.2, 0.25) is 5.75 Å². The van der Waals surface area contributed by atoms with Crippen molar-refractivity contribution in [3.8, 4) is 23.0 Å². The molecule has 25 heavy (non-hydrogen) atoms. The second-order valence-corrected chi connectivity index (χ2v) is 5.84. The van der Waals surface area contributed by atoms with E-state index in [0.29, 0.717) is 23.8 Å². The van der Waals surface area contributed by atoms with E-state index in [4.69, 9.17) is 18.9 Å². The fraction of sp³-hybridized carbons (Fsp3) is 0.400. The molecule has 0 aliphatic carbocycles. The maximum absolute atomic E-state index is 5.54. The molecule has 2 rings (SSSR count). The molecule has 0 heterocycles. The Bertz CT molecular complexity index is 715. The highest BCUT2D eigenvalue weighted by Crippen LogP contribution is 2.40. The molecule has 0 saturated heterocycles. The van der Waals surface area contributed by atoms with E-state index in [2.05, 4.69) is 25.2 Å². The maximum Gasteiger partial charge on any atom is 0.203 e. The summed E-state index contributed by atoms with van der Waals surface area (Å²) >= 11 is 0. The van der Waals surface area contributed by atoms with Crippen LogP contribution < -0.4 is 24.3 Å². The molecule has 0 amide bonds. The quantitative estimate of drug-likeness (QED) is 0.787. The predicted octanol–water partition coefficient (Wildman–Crippen LogP) is 3.88. The Labute approximate surface area is 149 Å². The van der Waals surface area contributed by atoms with Gasteiger partial charge in [-0.05, 0) is 26.0 Å². The molecule has 0 aliphatic rings. The molecule has 0 aromatic heterocycles. The zero-order valence-electron chi connectivity index (χ0n) is 15.8. The van der Waals surface area contributed by atoms with Gasteiger partial charge in [0.1, 0.15) is 5.75 Å². The van der Waals surface area contributed by atoms with Crippen LogP contribution in [0.4, 0.5) is 0 Å². The summed E-state index contributed by atoms with van der Waals surface area (Å²) in [6, 6.07) is 10.2. The van der Waals surface area contributed by atoms with Gasteiger partial charge in [0.05, 0.1) is 28.4 Å². The van der Waals surface area contributed by atoms with Crippen LogP contribution in [-0.4, -0.2) is 28.4 Å². The van der Waals surface area contributed by atoms with Crippen molar-refractivity contribution in [2.24, 2.45) is 0 Å². The minimum Gasteiger partial charge on any atom is -0.496 e. The summed E-state index contributed by atoms with van der Waals surface area (Å²) in [5.74, 6) is 2.81. The van der Waals surface area contributed by atoms with Gasteiger partial charge in [-0.15, -0.1) is 0 Å². The van der Waals surface area contributed by atoms with Crippen molar-refractivity contribution in [1.29, 1.82) is 0 Å². The number of methoxy groups -OCH3 is 4. The zero-order valence-corrected chi connectivity index (χ0v) is 15.8. The van der Waals surface area contributed by atoms with Crippen LogP contribution in [0.25, 0.3) is 0 Å². The van der Waals surface area contributed by atoms with Gasteiger partial charge in [-0.1, -0.05) is 23.8 Å². The van der Waals surface area contributed by atoms with Gasteiger partial charge in [-0.3, -0.25) is 0 Å². The van der Waals surface area contributed by atoms with Gasteiger partial charge in [0.15, 0.2) is 11.5 Å². The van der Waals surface area contributed by atoms with Gasteiger partial charge < -0.3 is 24.3 Å². The van der Waals surface area contributed by atoms with E-state index in [1.165, 1.54) is 5.56 Å². The molecule has 1 atom stereocenters. The van der Waals surface area contributed by atoms with Crippen LogP contribution in [0.15, 0.2) is 30.3 Å². The third-order valence-electron chi connectivity index (χ3n) is 4.24. The van der Waals surface area contributed by atoms with Gasteiger partial charge in [0.25, 0.3) is 0 Å². The molecule has 136 valence electrons. The topological polar surface area (TPSA) is 49.0 Å². The van der Waals surface area contributed by atoms with Gasteiger partial charge in [-0.25, -0.2) is 0 Å². The Morgan fingerprint density at radius 3 is 2.08 bits per heavy atom. The Morgan fingerprint density at radius 2 is 1.48 bits per heavy atom. The van der Waals surface area contributed by atoms with Crippen LogP contribution >= 0.6 is 0 Å². The van der Waals surface area contributed by atoms with Gasteiger partial charge in [-0.2, -0.15) is 0 Å². The summed E-state index contributed by atoms with van der Waals surface area (Å²) in [7, 11) is 6.55. The standard InChI is InChI=1S/C20H27NO4/c1-13-7-9-17(22-3)16(11-13)14(2)21-12-15-8-10-18(23-4)20(25-6)19(15)24-5/h7-11,14,21H,12H2,1-6H3/t14-/m0/s1. The molecule has 2 aromatic carbocycles. The lowest BCUT2D eigenvalue weighted by atomic mass is 10.0. The van der Waals surface area contributed by atoms with Crippen molar-refractivity contribution in [1.82, 2.24) is 5.32 Å². The average Bonchev–Trinajstić information content (AvgIpc) is 2.64. The van der Waals surface area contributed by atoms with E-state index in [0.717, 1.165) is 16.9 Å². The number of nitrogens with one attached hydrogen (secondary N) is 1. The zero-order chi connectivity index (χ0) is 18.4. The monoisotopic (exact) mass is 345 g/mol. The van der Waals surface area contributed by atoms with Crippen molar-refractivity contribution in [2.45, 2.75) is 26.4 Å². The van der Waals surface area contributed by atoms with E-state index in [9.17, 15) is 0 Å². The first kappa shape index (κ1) is 18.9. The number of ether oxygens (including phenoxy) is 4. The number of rotatable bonds is 8. The number of hydrogen-bond donors (Lipinski definition) is 1. The summed E-state index contributed by atoms with van der Waals surface area (Å²) in [6.45, 7) is 4.82. The maximum atomic E-state index is 5.54. The molecule has 0 radical (unpaired) electrons. The molecule has 2 aromatic rings. The first-order valence-electron chi connectivity index (χ1n) is 8.21. The predicted molar refractivity (Wildman–Crippen MR) is 99.1 cm³/mol. The van der Waals surface area contributed by atoms with E-state index in [-0.39, 0.29) is 6.04 Å². The van der Waals surface area contributed by atoms with E-state index in [1.54, 1.807) is 28.4 Å². The van der Waals surface area contributed by atoms with Crippen LogP contribution in [0.2, 0.25) is 0 Å². The molecule has 0 spiro atoms. The lowest BCUT2D eigenvalue weighted by molar-refractivity contribution is 0.321. The van der Waals surface area contributed by atoms with E-state index in [1.807, 2.05) is 24.3 Å². The van der Waals surface area contributed by atoms with Crippen molar-refractivity contribution >= 4 is 0 Å². The lowest BCUT2D eigenvalue weighted by Gasteiger charge is -2.20. The molecule has 0 fully saturated rings. The van der Waals surface area contributed by atoms with E-state index >= 15 is 0 Å². The van der Waals surface area contributed by atoms with Crippen LogP contribution in [0.1, 0.15) is 29.7 Å². The Hall–Kier alpha value is -2.40. The van der Waals surface area contributed by atoms with Crippen LogP contribution in [-0.2, 0) is 6.54 Å². The largest absolute Gasteiger partial charge is 0.496 e.